The quantitative estimate of drug-likeness (QED) is 0.581. The van der Waals surface area contributed by atoms with Gasteiger partial charge in [-0.1, -0.05) is 36.4 Å². The predicted molar refractivity (Wildman–Crippen MR) is 118 cm³/mol. The number of nitrogens with one attached hydrogen (secondary N) is 1. The minimum absolute atomic E-state index is 0.147. The molecule has 0 radical (unpaired) electrons. The van der Waals surface area contributed by atoms with E-state index in [4.69, 9.17) is 4.74 Å². The summed E-state index contributed by atoms with van der Waals surface area (Å²) in [5.41, 5.74) is 2.88. The molecular weight excluding hydrogens is 414 g/mol. The number of hydrogen-bond acceptors (Lipinski definition) is 5. The van der Waals surface area contributed by atoms with Crippen molar-refractivity contribution in [1.29, 1.82) is 0 Å². The minimum atomic E-state index is -3.72. The molecule has 1 heterocycles. The van der Waals surface area contributed by atoms with E-state index < -0.39 is 15.9 Å². The largest absolute Gasteiger partial charge is 0.439 e. The monoisotopic (exact) mass is 439 g/mol. The Kier molecular flexibility index (Phi) is 7.04. The Morgan fingerprint density at radius 1 is 1.06 bits per heavy atom. The second kappa shape index (κ2) is 9.72. The van der Waals surface area contributed by atoms with Crippen LogP contribution in [0.15, 0.2) is 71.8 Å². The summed E-state index contributed by atoms with van der Waals surface area (Å²) in [4.78, 5) is 16.6. The molecule has 3 rings (SSSR count). The lowest BCUT2D eigenvalue weighted by atomic mass is 10.1. The van der Waals surface area contributed by atoms with Gasteiger partial charge in [0.1, 0.15) is 5.75 Å². The van der Waals surface area contributed by atoms with Crippen molar-refractivity contribution in [2.24, 2.45) is 0 Å². The highest BCUT2D eigenvalue weighted by Gasteiger charge is 2.22. The van der Waals surface area contributed by atoms with Crippen LogP contribution in [-0.2, 0) is 21.4 Å². The van der Waals surface area contributed by atoms with Gasteiger partial charge in [0.25, 0.3) is 0 Å². The molecule has 31 heavy (non-hydrogen) atoms. The minimum Gasteiger partial charge on any atom is -0.439 e. The van der Waals surface area contributed by atoms with Gasteiger partial charge < -0.3 is 10.1 Å². The van der Waals surface area contributed by atoms with E-state index in [1.165, 1.54) is 19.2 Å². The van der Waals surface area contributed by atoms with Crippen molar-refractivity contribution in [2.75, 3.05) is 13.6 Å². The zero-order valence-electron chi connectivity index (χ0n) is 17.7. The number of rotatable bonds is 8. The Balaban J connectivity index is 1.54. The highest BCUT2D eigenvalue weighted by atomic mass is 32.2. The number of likely N-dealkylation sites (N-methyl/N-ethyl adjacent to an activating group) is 1. The first-order valence-corrected chi connectivity index (χ1v) is 11.2. The summed E-state index contributed by atoms with van der Waals surface area (Å²) in [7, 11) is -2.34. The number of carbonyl (C=O) groups excluding carboxylic acids is 1. The highest BCUT2D eigenvalue weighted by molar-refractivity contribution is 7.89. The lowest BCUT2D eigenvalue weighted by molar-refractivity contribution is -0.121. The summed E-state index contributed by atoms with van der Waals surface area (Å²) in [5, 5.41) is 2.71. The second-order valence-corrected chi connectivity index (χ2v) is 9.27. The number of amides is 1. The lowest BCUT2D eigenvalue weighted by Crippen LogP contribution is -2.38. The maximum atomic E-state index is 12.5. The Morgan fingerprint density at radius 2 is 1.81 bits per heavy atom. The van der Waals surface area contributed by atoms with Crippen LogP contribution >= 0.6 is 0 Å². The van der Waals surface area contributed by atoms with E-state index in [0.29, 0.717) is 5.88 Å². The molecule has 0 aliphatic heterocycles. The molecule has 1 amide bonds. The molecular formula is C23H25N3O4S. The first-order chi connectivity index (χ1) is 14.8. The van der Waals surface area contributed by atoms with E-state index in [9.17, 15) is 13.2 Å². The second-order valence-electron chi connectivity index (χ2n) is 7.23. The molecule has 0 unspecified atom stereocenters. The average Bonchev–Trinajstić information content (AvgIpc) is 2.76. The summed E-state index contributed by atoms with van der Waals surface area (Å²) in [6.07, 6.45) is 1.62. The summed E-state index contributed by atoms with van der Waals surface area (Å²) in [6.45, 7) is 3.91. The van der Waals surface area contributed by atoms with Crippen molar-refractivity contribution in [3.63, 3.8) is 0 Å². The van der Waals surface area contributed by atoms with Crippen LogP contribution in [-0.4, -0.2) is 37.2 Å². The van der Waals surface area contributed by atoms with Gasteiger partial charge >= 0.3 is 0 Å². The van der Waals surface area contributed by atoms with Gasteiger partial charge in [-0.3, -0.25) is 4.79 Å². The molecule has 3 aromatic rings. The molecule has 162 valence electrons. The van der Waals surface area contributed by atoms with Gasteiger partial charge in [0.15, 0.2) is 0 Å². The van der Waals surface area contributed by atoms with E-state index in [-0.39, 0.29) is 18.0 Å². The topological polar surface area (TPSA) is 88.6 Å². The zero-order chi connectivity index (χ0) is 22.4. The van der Waals surface area contributed by atoms with E-state index in [0.717, 1.165) is 26.7 Å². The van der Waals surface area contributed by atoms with E-state index >= 15 is 0 Å². The first-order valence-electron chi connectivity index (χ1n) is 9.74. The first kappa shape index (κ1) is 22.5. The molecule has 7 nitrogen and oxygen atoms in total. The van der Waals surface area contributed by atoms with Crippen LogP contribution < -0.4 is 10.1 Å². The van der Waals surface area contributed by atoms with Crippen molar-refractivity contribution in [1.82, 2.24) is 14.6 Å². The SMILES string of the molecule is Cc1ccc(C)c(Oc2ccc(CNC(=O)CN(C)S(=O)(=O)c3ccccc3)cn2)c1. The fraction of sp³-hybridized carbons (Fsp3) is 0.217. The van der Waals surface area contributed by atoms with Gasteiger partial charge in [0.2, 0.25) is 21.8 Å². The zero-order valence-corrected chi connectivity index (χ0v) is 18.5. The standard InChI is InChI=1S/C23H25N3O4S/c1-17-9-10-18(2)21(13-17)30-23-12-11-19(15-25-23)14-24-22(27)16-26(3)31(28,29)20-7-5-4-6-8-20/h4-13,15H,14,16H2,1-3H3,(H,24,27). The maximum Gasteiger partial charge on any atom is 0.243 e. The summed E-state index contributed by atoms with van der Waals surface area (Å²) in [6, 6.07) is 17.5. The molecule has 0 saturated carbocycles. The van der Waals surface area contributed by atoms with Crippen molar-refractivity contribution >= 4 is 15.9 Å². The van der Waals surface area contributed by atoms with Gasteiger partial charge in [-0.15, -0.1) is 0 Å². The number of benzene rings is 2. The lowest BCUT2D eigenvalue weighted by Gasteiger charge is -2.17. The Hall–Kier alpha value is -3.23. The van der Waals surface area contributed by atoms with Gasteiger partial charge in [-0.25, -0.2) is 13.4 Å². The molecule has 1 aromatic heterocycles. The van der Waals surface area contributed by atoms with E-state index in [1.807, 2.05) is 32.0 Å². The van der Waals surface area contributed by atoms with Crippen LogP contribution in [0, 0.1) is 13.8 Å². The molecule has 0 aliphatic rings. The average molecular weight is 440 g/mol. The molecule has 0 aliphatic carbocycles. The van der Waals surface area contributed by atoms with Gasteiger partial charge in [-0.05, 0) is 48.7 Å². The normalized spacial score (nSPS) is 11.4. The van der Waals surface area contributed by atoms with Crippen LogP contribution in [0.4, 0.5) is 0 Å². The molecule has 0 atom stereocenters. The van der Waals surface area contributed by atoms with Crippen LogP contribution in [0.5, 0.6) is 11.6 Å². The number of carbonyl (C=O) groups is 1. The Morgan fingerprint density at radius 3 is 2.48 bits per heavy atom. The van der Waals surface area contributed by atoms with Crippen LogP contribution in [0.3, 0.4) is 0 Å². The number of ether oxygens (including phenoxy) is 1. The maximum absolute atomic E-state index is 12.5. The number of aryl methyl sites for hydroxylation is 2. The van der Waals surface area contributed by atoms with Crippen LogP contribution in [0.2, 0.25) is 0 Å². The Labute approximate surface area is 182 Å². The Bertz CT molecular complexity index is 1150. The molecule has 1 N–H and O–H groups in total. The van der Waals surface area contributed by atoms with E-state index in [1.54, 1.807) is 36.5 Å². The van der Waals surface area contributed by atoms with E-state index in [2.05, 4.69) is 10.3 Å². The molecule has 8 heteroatoms. The number of aromatic nitrogens is 1. The van der Waals surface area contributed by atoms with Crippen LogP contribution in [0.1, 0.15) is 16.7 Å². The van der Waals surface area contributed by atoms with Crippen molar-refractivity contribution < 1.29 is 17.9 Å². The number of nitrogens with zero attached hydrogens (tertiary/aromatic N) is 2. The third-order valence-corrected chi connectivity index (χ3v) is 6.48. The molecule has 2 aromatic carbocycles. The number of hydrogen-bond donors (Lipinski definition) is 1. The van der Waals surface area contributed by atoms with Crippen molar-refractivity contribution in [2.45, 2.75) is 25.3 Å². The fourth-order valence-electron chi connectivity index (χ4n) is 2.82. The third kappa shape index (κ3) is 5.90. The molecule has 0 bridgehead atoms. The highest BCUT2D eigenvalue weighted by Crippen LogP contribution is 2.24. The fourth-order valence-corrected chi connectivity index (χ4v) is 3.97. The summed E-state index contributed by atoms with van der Waals surface area (Å²) >= 11 is 0. The molecule has 0 spiro atoms. The van der Waals surface area contributed by atoms with Gasteiger partial charge in [0, 0.05) is 25.9 Å². The smallest absolute Gasteiger partial charge is 0.243 e. The predicted octanol–water partition coefficient (Wildman–Crippen LogP) is 3.43. The third-order valence-electron chi connectivity index (χ3n) is 4.66. The van der Waals surface area contributed by atoms with Crippen molar-refractivity contribution in [3.05, 3.63) is 83.6 Å². The van der Waals surface area contributed by atoms with Gasteiger partial charge in [0.05, 0.1) is 11.4 Å². The molecule has 0 fully saturated rings. The van der Waals surface area contributed by atoms with Crippen molar-refractivity contribution in [3.8, 4) is 11.6 Å². The molecule has 0 saturated heterocycles. The van der Waals surface area contributed by atoms with Crippen LogP contribution in [0.25, 0.3) is 0 Å². The number of pyridine rings is 1. The summed E-state index contributed by atoms with van der Waals surface area (Å²) in [5.74, 6) is 0.798. The van der Waals surface area contributed by atoms with Gasteiger partial charge in [-0.2, -0.15) is 4.31 Å². The summed E-state index contributed by atoms with van der Waals surface area (Å²) < 4.78 is 31.8. The number of sulfonamides is 1.